The normalized spacial score (nSPS) is 18.7. The van der Waals surface area contributed by atoms with Gasteiger partial charge in [-0.25, -0.2) is 4.90 Å². The summed E-state index contributed by atoms with van der Waals surface area (Å²) in [6, 6.07) is 4.83. The van der Waals surface area contributed by atoms with Crippen LogP contribution in [0, 0.1) is 6.92 Å². The number of benzene rings is 1. The Kier molecular flexibility index (Phi) is 4.16. The Hall–Kier alpha value is -2.31. The number of rotatable bonds is 2. The summed E-state index contributed by atoms with van der Waals surface area (Å²) in [6.07, 6.45) is -2.90. The SMILES string of the molecule is Cc1c(C(=O)N(c2cccc3c2C(C)CC3(C)C)C(F)(F)F)cnn1C. The number of hydrogen-bond donors (Lipinski definition) is 0. The summed E-state index contributed by atoms with van der Waals surface area (Å²) in [5, 5.41) is 3.91. The summed E-state index contributed by atoms with van der Waals surface area (Å²) >= 11 is 0. The number of aromatic nitrogens is 2. The molecule has 0 saturated heterocycles. The van der Waals surface area contributed by atoms with Gasteiger partial charge in [-0.3, -0.25) is 9.48 Å². The van der Waals surface area contributed by atoms with Crippen LogP contribution in [0.3, 0.4) is 0 Å². The quantitative estimate of drug-likeness (QED) is 0.725. The molecule has 0 fully saturated rings. The van der Waals surface area contributed by atoms with Crippen molar-refractivity contribution < 1.29 is 18.0 Å². The van der Waals surface area contributed by atoms with Crippen LogP contribution in [0.15, 0.2) is 24.4 Å². The third kappa shape index (κ3) is 2.79. The van der Waals surface area contributed by atoms with Gasteiger partial charge in [0.15, 0.2) is 0 Å². The second-order valence-electron chi connectivity index (χ2n) is 7.60. The van der Waals surface area contributed by atoms with Crippen LogP contribution in [0.5, 0.6) is 0 Å². The molecule has 0 N–H and O–H groups in total. The Bertz CT molecular complexity index is 867. The van der Waals surface area contributed by atoms with Gasteiger partial charge in [0.1, 0.15) is 0 Å². The lowest BCUT2D eigenvalue weighted by atomic mass is 9.86. The molecular formula is C19H22F3N3O. The van der Waals surface area contributed by atoms with Crippen LogP contribution in [0.4, 0.5) is 18.9 Å². The Morgan fingerprint density at radius 3 is 2.54 bits per heavy atom. The van der Waals surface area contributed by atoms with Gasteiger partial charge in [-0.15, -0.1) is 13.2 Å². The molecular weight excluding hydrogens is 343 g/mol. The molecule has 0 bridgehead atoms. The van der Waals surface area contributed by atoms with Gasteiger partial charge in [0.25, 0.3) is 5.91 Å². The van der Waals surface area contributed by atoms with Gasteiger partial charge in [-0.2, -0.15) is 5.10 Å². The number of aryl methyl sites for hydroxylation is 1. The second kappa shape index (κ2) is 5.86. The first kappa shape index (κ1) is 18.5. The third-order valence-electron chi connectivity index (χ3n) is 5.28. The number of carbonyl (C=O) groups is 1. The Morgan fingerprint density at radius 1 is 1.35 bits per heavy atom. The maximum atomic E-state index is 13.9. The lowest BCUT2D eigenvalue weighted by Crippen LogP contribution is -2.44. The molecule has 1 unspecified atom stereocenters. The fourth-order valence-electron chi connectivity index (χ4n) is 4.02. The standard InChI is InChI=1S/C19H22F3N3O/c1-11-9-18(3,4)14-7-6-8-15(16(11)14)25(19(20,21)22)17(26)13-10-23-24(5)12(13)2/h6-8,10-11H,9H2,1-5H3. The fraction of sp³-hybridized carbons (Fsp3) is 0.474. The van der Waals surface area contributed by atoms with Crippen molar-refractivity contribution in [1.82, 2.24) is 9.78 Å². The van der Waals surface area contributed by atoms with Crippen LogP contribution in [0.25, 0.3) is 0 Å². The Labute approximate surface area is 150 Å². The zero-order chi connectivity index (χ0) is 19.4. The molecule has 0 spiro atoms. The predicted molar refractivity (Wildman–Crippen MR) is 93.3 cm³/mol. The molecule has 1 heterocycles. The van der Waals surface area contributed by atoms with Crippen LogP contribution in [0.1, 0.15) is 60.3 Å². The minimum atomic E-state index is -4.83. The maximum Gasteiger partial charge on any atom is 0.491 e. The second-order valence-corrected chi connectivity index (χ2v) is 7.60. The number of anilines is 1. The summed E-state index contributed by atoms with van der Waals surface area (Å²) in [6.45, 7) is 7.52. The lowest BCUT2D eigenvalue weighted by molar-refractivity contribution is -0.122. The van der Waals surface area contributed by atoms with E-state index >= 15 is 0 Å². The average Bonchev–Trinajstić information content (AvgIpc) is 2.96. The summed E-state index contributed by atoms with van der Waals surface area (Å²) < 4.78 is 43.2. The first-order valence-electron chi connectivity index (χ1n) is 8.48. The van der Waals surface area contributed by atoms with Crippen LogP contribution in [-0.4, -0.2) is 22.0 Å². The van der Waals surface area contributed by atoms with E-state index in [0.29, 0.717) is 11.3 Å². The molecule has 4 nitrogen and oxygen atoms in total. The molecule has 1 aromatic carbocycles. The molecule has 1 atom stereocenters. The van der Waals surface area contributed by atoms with Crippen molar-refractivity contribution in [3.63, 3.8) is 0 Å². The molecule has 1 aliphatic carbocycles. The topological polar surface area (TPSA) is 38.1 Å². The molecule has 1 amide bonds. The molecule has 0 saturated carbocycles. The van der Waals surface area contributed by atoms with Crippen molar-refractivity contribution in [1.29, 1.82) is 0 Å². The van der Waals surface area contributed by atoms with E-state index in [1.54, 1.807) is 20.0 Å². The van der Waals surface area contributed by atoms with Gasteiger partial charge in [0.2, 0.25) is 0 Å². The van der Waals surface area contributed by atoms with E-state index in [1.807, 2.05) is 26.8 Å². The molecule has 1 aromatic heterocycles. The summed E-state index contributed by atoms with van der Waals surface area (Å²) in [5.41, 5.74) is 1.51. The van der Waals surface area contributed by atoms with E-state index in [1.165, 1.54) is 16.9 Å². The highest BCUT2D eigenvalue weighted by atomic mass is 19.4. The van der Waals surface area contributed by atoms with Crippen LogP contribution >= 0.6 is 0 Å². The van der Waals surface area contributed by atoms with E-state index in [0.717, 1.165) is 12.0 Å². The van der Waals surface area contributed by atoms with Crippen LogP contribution < -0.4 is 4.90 Å². The van der Waals surface area contributed by atoms with E-state index in [2.05, 4.69) is 5.10 Å². The van der Waals surface area contributed by atoms with Crippen LogP contribution in [0.2, 0.25) is 0 Å². The number of halogens is 3. The molecule has 7 heteroatoms. The smallest absolute Gasteiger partial charge is 0.272 e. The number of carbonyl (C=O) groups excluding carboxylic acids is 1. The first-order valence-corrected chi connectivity index (χ1v) is 8.48. The Morgan fingerprint density at radius 2 is 2.00 bits per heavy atom. The molecule has 0 radical (unpaired) electrons. The molecule has 0 aliphatic heterocycles. The van der Waals surface area contributed by atoms with Crippen molar-refractivity contribution in [2.75, 3.05) is 4.90 Å². The maximum absolute atomic E-state index is 13.9. The van der Waals surface area contributed by atoms with Crippen molar-refractivity contribution in [3.8, 4) is 0 Å². The molecule has 26 heavy (non-hydrogen) atoms. The van der Waals surface area contributed by atoms with Gasteiger partial charge < -0.3 is 0 Å². The number of alkyl halides is 3. The zero-order valence-corrected chi connectivity index (χ0v) is 15.5. The zero-order valence-electron chi connectivity index (χ0n) is 15.5. The molecule has 1 aliphatic rings. The summed E-state index contributed by atoms with van der Waals surface area (Å²) in [5.74, 6) is -1.17. The number of fused-ring (bicyclic) bond motifs is 1. The van der Waals surface area contributed by atoms with E-state index in [4.69, 9.17) is 0 Å². The first-order chi connectivity index (χ1) is 11.9. The van der Waals surface area contributed by atoms with Crippen molar-refractivity contribution >= 4 is 11.6 Å². The lowest BCUT2D eigenvalue weighted by Gasteiger charge is -2.28. The Balaban J connectivity index is 2.20. The minimum Gasteiger partial charge on any atom is -0.272 e. The largest absolute Gasteiger partial charge is 0.491 e. The number of nitrogens with zero attached hydrogens (tertiary/aromatic N) is 3. The minimum absolute atomic E-state index is 0.0340. The van der Waals surface area contributed by atoms with E-state index in [-0.39, 0.29) is 27.5 Å². The summed E-state index contributed by atoms with van der Waals surface area (Å²) in [4.78, 5) is 12.8. The third-order valence-corrected chi connectivity index (χ3v) is 5.28. The van der Waals surface area contributed by atoms with Gasteiger partial charge >= 0.3 is 6.30 Å². The highest BCUT2D eigenvalue weighted by Gasteiger charge is 2.47. The van der Waals surface area contributed by atoms with Gasteiger partial charge in [0, 0.05) is 12.7 Å². The number of hydrogen-bond acceptors (Lipinski definition) is 2. The van der Waals surface area contributed by atoms with Crippen molar-refractivity contribution in [3.05, 3.63) is 46.8 Å². The van der Waals surface area contributed by atoms with E-state index in [9.17, 15) is 18.0 Å². The summed E-state index contributed by atoms with van der Waals surface area (Å²) in [7, 11) is 1.59. The average molecular weight is 365 g/mol. The predicted octanol–water partition coefficient (Wildman–Crippen LogP) is 4.68. The van der Waals surface area contributed by atoms with E-state index < -0.39 is 12.2 Å². The van der Waals surface area contributed by atoms with Gasteiger partial charge in [0.05, 0.1) is 17.4 Å². The molecule has 3 rings (SSSR count). The van der Waals surface area contributed by atoms with Crippen molar-refractivity contribution in [2.24, 2.45) is 7.05 Å². The van der Waals surface area contributed by atoms with Crippen molar-refractivity contribution in [2.45, 2.75) is 51.7 Å². The number of amides is 1. The van der Waals surface area contributed by atoms with Gasteiger partial charge in [-0.05, 0) is 41.9 Å². The van der Waals surface area contributed by atoms with Gasteiger partial charge in [-0.1, -0.05) is 32.9 Å². The monoisotopic (exact) mass is 365 g/mol. The van der Waals surface area contributed by atoms with Crippen LogP contribution in [-0.2, 0) is 12.5 Å². The molecule has 140 valence electrons. The molecule has 2 aromatic rings. The highest BCUT2D eigenvalue weighted by molar-refractivity contribution is 6.07. The highest BCUT2D eigenvalue weighted by Crippen LogP contribution is 2.50. The fourth-order valence-corrected chi connectivity index (χ4v) is 4.02.